The summed E-state index contributed by atoms with van der Waals surface area (Å²) in [5.74, 6) is -1.40. The average molecular weight is 794 g/mol. The Hall–Kier alpha value is -5.73. The fourth-order valence-corrected chi connectivity index (χ4v) is 7.69. The summed E-state index contributed by atoms with van der Waals surface area (Å²) in [5.41, 5.74) is 2.92. The van der Waals surface area contributed by atoms with Crippen LogP contribution in [-0.4, -0.2) is 86.4 Å². The number of hydrogen-bond acceptors (Lipinski definition) is 10. The number of carbonyl (C=O) groups is 6. The zero-order valence-electron chi connectivity index (χ0n) is 34.7. The van der Waals surface area contributed by atoms with Crippen molar-refractivity contribution in [3.8, 4) is 0 Å². The molecule has 0 unspecified atom stereocenters. The summed E-state index contributed by atoms with van der Waals surface area (Å²) in [5, 5.41) is 8.90. The monoisotopic (exact) mass is 793 g/mol. The Bertz CT molecular complexity index is 2100. The zero-order chi connectivity index (χ0) is 42.1. The van der Waals surface area contributed by atoms with Gasteiger partial charge in [0.05, 0.1) is 24.5 Å². The van der Waals surface area contributed by atoms with Crippen molar-refractivity contribution in [2.45, 2.75) is 111 Å². The number of ketones is 2. The lowest BCUT2D eigenvalue weighted by Crippen LogP contribution is -2.57. The lowest BCUT2D eigenvalue weighted by Gasteiger charge is -2.35. The van der Waals surface area contributed by atoms with Crippen LogP contribution in [-0.2, 0) is 25.7 Å². The first-order valence-corrected chi connectivity index (χ1v) is 20.2. The summed E-state index contributed by atoms with van der Waals surface area (Å²) in [6.07, 6.45) is 5.71. The second kappa shape index (κ2) is 17.0. The van der Waals surface area contributed by atoms with E-state index in [0.717, 1.165) is 16.8 Å². The molecule has 0 radical (unpaired) electrons. The molecule has 2 aromatic heterocycles. The van der Waals surface area contributed by atoms with E-state index in [2.05, 4.69) is 30.9 Å². The highest BCUT2D eigenvalue weighted by molar-refractivity contribution is 6.07. The van der Waals surface area contributed by atoms with Crippen molar-refractivity contribution >= 4 is 58.5 Å². The summed E-state index contributed by atoms with van der Waals surface area (Å²) in [6.45, 7) is 13.5. The Kier molecular flexibility index (Phi) is 12.3. The molecule has 2 fully saturated rings. The SMILES string of the molecule is CC(=O)[C@H](CC(C)C)NC(=O)C1(NC(=O)[C@@H]2CCCN2C(=O)[C@@H](CC(=O)c2ccc(C)c(N3Cc4cnc(Nc5ccc(C)nc5)nc4N(C)C3=O)c2)C(C)C)CC1. The number of amides is 5. The predicted molar refractivity (Wildman–Crippen MR) is 220 cm³/mol. The molecule has 5 amide bonds. The standard InChI is InChI=1S/C43H55N9O6/c1-24(2)18-33(28(7)53)47-40(57)43(15-16-43)49-38(55)34-10-9-17-51(34)39(56)32(25(3)4)20-36(54)29-13-11-26(5)35(19-29)52-23-30-21-45-41(48-37(30)50(8)42(52)58)46-31-14-12-27(6)44-22-31/h11-14,19,21-22,24-25,32-34H,9-10,15-18,20,23H2,1-8H3,(H,47,57)(H,49,55)(H,45,46,48)/t32-,33-,34-/m0/s1. The number of aryl methyl sites for hydroxylation is 2. The Balaban J connectivity index is 1.13. The van der Waals surface area contributed by atoms with Gasteiger partial charge in [-0.25, -0.2) is 9.78 Å². The van der Waals surface area contributed by atoms with Crippen molar-refractivity contribution in [2.75, 3.05) is 28.7 Å². The topological polar surface area (TPSA) is 187 Å². The van der Waals surface area contributed by atoms with Gasteiger partial charge in [0.15, 0.2) is 11.6 Å². The van der Waals surface area contributed by atoms with E-state index in [1.54, 1.807) is 47.4 Å². The van der Waals surface area contributed by atoms with Crippen LogP contribution in [0.5, 0.6) is 0 Å². The number of benzene rings is 1. The lowest BCUT2D eigenvalue weighted by atomic mass is 9.87. The highest BCUT2D eigenvalue weighted by Crippen LogP contribution is 2.37. The highest BCUT2D eigenvalue weighted by Gasteiger charge is 2.53. The number of carbonyl (C=O) groups excluding carboxylic acids is 6. The summed E-state index contributed by atoms with van der Waals surface area (Å²) in [7, 11) is 1.64. The number of urea groups is 1. The fraction of sp³-hybridized carbons (Fsp3) is 0.512. The predicted octanol–water partition coefficient (Wildman–Crippen LogP) is 5.41. The van der Waals surface area contributed by atoms with E-state index in [4.69, 9.17) is 0 Å². The molecule has 15 heteroatoms. The summed E-state index contributed by atoms with van der Waals surface area (Å²) in [6, 6.07) is 7.21. The van der Waals surface area contributed by atoms with Gasteiger partial charge < -0.3 is 20.9 Å². The fourth-order valence-electron chi connectivity index (χ4n) is 7.69. The van der Waals surface area contributed by atoms with E-state index < -0.39 is 29.4 Å². The first-order valence-electron chi connectivity index (χ1n) is 20.2. The number of likely N-dealkylation sites (tertiary alicyclic amines) is 1. The number of anilines is 4. The number of hydrogen-bond donors (Lipinski definition) is 3. The third kappa shape index (κ3) is 9.03. The van der Waals surface area contributed by atoms with Crippen LogP contribution in [0.3, 0.4) is 0 Å². The van der Waals surface area contributed by atoms with Gasteiger partial charge in [-0.3, -0.25) is 38.8 Å². The molecule has 3 aromatic rings. The van der Waals surface area contributed by atoms with Gasteiger partial charge in [0.25, 0.3) is 0 Å². The van der Waals surface area contributed by atoms with Crippen LogP contribution in [0.2, 0.25) is 0 Å². The van der Waals surface area contributed by atoms with E-state index in [9.17, 15) is 28.8 Å². The van der Waals surface area contributed by atoms with E-state index in [1.165, 1.54) is 11.8 Å². The van der Waals surface area contributed by atoms with Crippen molar-refractivity contribution in [1.29, 1.82) is 0 Å². The maximum absolute atomic E-state index is 14.2. The molecule has 0 spiro atoms. The second-order valence-corrected chi connectivity index (χ2v) is 16.8. The Morgan fingerprint density at radius 2 is 1.72 bits per heavy atom. The molecule has 15 nitrogen and oxygen atoms in total. The van der Waals surface area contributed by atoms with Crippen LogP contribution >= 0.6 is 0 Å². The van der Waals surface area contributed by atoms with Crippen LogP contribution in [0.1, 0.15) is 100 Å². The first-order chi connectivity index (χ1) is 27.5. The number of aromatic nitrogens is 3. The molecule has 3 N–H and O–H groups in total. The van der Waals surface area contributed by atoms with Crippen molar-refractivity contribution in [2.24, 2.45) is 17.8 Å². The molecule has 4 heterocycles. The van der Waals surface area contributed by atoms with E-state index >= 15 is 0 Å². The quantitative estimate of drug-likeness (QED) is 0.168. The Morgan fingerprint density at radius 3 is 2.36 bits per heavy atom. The summed E-state index contributed by atoms with van der Waals surface area (Å²) >= 11 is 0. The van der Waals surface area contributed by atoms with Crippen LogP contribution < -0.4 is 25.8 Å². The van der Waals surface area contributed by atoms with Crippen LogP contribution in [0.15, 0.2) is 42.7 Å². The lowest BCUT2D eigenvalue weighted by molar-refractivity contribution is -0.143. The van der Waals surface area contributed by atoms with Crippen molar-refractivity contribution in [3.05, 3.63) is 65.1 Å². The normalized spacial score (nSPS) is 18.1. The minimum atomic E-state index is -1.10. The number of rotatable bonds is 15. The van der Waals surface area contributed by atoms with Gasteiger partial charge in [-0.2, -0.15) is 4.98 Å². The molecule has 3 atom stereocenters. The third-order valence-electron chi connectivity index (χ3n) is 11.4. The first kappa shape index (κ1) is 41.9. The summed E-state index contributed by atoms with van der Waals surface area (Å²) in [4.78, 5) is 99.3. The Morgan fingerprint density at radius 1 is 0.983 bits per heavy atom. The molecule has 1 saturated carbocycles. The largest absolute Gasteiger partial charge is 0.344 e. The van der Waals surface area contributed by atoms with Crippen LogP contribution in [0.4, 0.5) is 27.9 Å². The maximum Gasteiger partial charge on any atom is 0.330 e. The third-order valence-corrected chi connectivity index (χ3v) is 11.4. The molecular formula is C43H55N9O6. The molecule has 1 aliphatic carbocycles. The zero-order valence-corrected chi connectivity index (χ0v) is 34.7. The number of fused-ring (bicyclic) bond motifs is 1. The minimum absolute atomic E-state index is 0.0880. The average Bonchev–Trinajstić information content (AvgIpc) is 3.79. The van der Waals surface area contributed by atoms with Gasteiger partial charge in [-0.15, -0.1) is 0 Å². The maximum atomic E-state index is 14.2. The van der Waals surface area contributed by atoms with E-state index in [0.29, 0.717) is 67.4 Å². The van der Waals surface area contributed by atoms with Crippen molar-refractivity contribution in [1.82, 2.24) is 30.5 Å². The molecule has 1 aromatic carbocycles. The highest BCUT2D eigenvalue weighted by atomic mass is 16.2. The molecule has 3 aliphatic rings. The van der Waals surface area contributed by atoms with E-state index in [-0.39, 0.29) is 54.2 Å². The minimum Gasteiger partial charge on any atom is -0.344 e. The molecule has 1 saturated heterocycles. The number of pyridine rings is 1. The molecule has 58 heavy (non-hydrogen) atoms. The van der Waals surface area contributed by atoms with Gasteiger partial charge >= 0.3 is 6.03 Å². The number of Topliss-reactive ketones (excluding diaryl/α,β-unsaturated/α-hetero) is 2. The van der Waals surface area contributed by atoms with E-state index in [1.807, 2.05) is 53.7 Å². The van der Waals surface area contributed by atoms with Gasteiger partial charge in [0.2, 0.25) is 23.7 Å². The molecular weight excluding hydrogens is 739 g/mol. The summed E-state index contributed by atoms with van der Waals surface area (Å²) < 4.78 is 0. The molecule has 2 aliphatic heterocycles. The number of nitrogens with zero attached hydrogens (tertiary/aromatic N) is 6. The van der Waals surface area contributed by atoms with Crippen LogP contribution in [0, 0.1) is 31.6 Å². The van der Waals surface area contributed by atoms with Crippen molar-refractivity contribution < 1.29 is 28.8 Å². The Labute approximate surface area is 339 Å². The smallest absolute Gasteiger partial charge is 0.330 e. The number of nitrogens with one attached hydrogen (secondary N) is 3. The van der Waals surface area contributed by atoms with Gasteiger partial charge in [-0.05, 0) is 88.5 Å². The van der Waals surface area contributed by atoms with Gasteiger partial charge in [-0.1, -0.05) is 39.8 Å². The molecule has 0 bridgehead atoms. The second-order valence-electron chi connectivity index (χ2n) is 16.8. The van der Waals surface area contributed by atoms with Gasteiger partial charge in [0, 0.05) is 54.6 Å². The van der Waals surface area contributed by atoms with Crippen molar-refractivity contribution in [3.63, 3.8) is 0 Å². The van der Waals surface area contributed by atoms with Crippen LogP contribution in [0.25, 0.3) is 0 Å². The molecule has 6 rings (SSSR count). The molecule has 308 valence electrons. The van der Waals surface area contributed by atoms with Gasteiger partial charge in [0.1, 0.15) is 17.4 Å².